The molecule has 0 saturated carbocycles. The van der Waals surface area contributed by atoms with E-state index in [0.29, 0.717) is 13.1 Å². The molecule has 0 heterocycles. The second-order valence-electron chi connectivity index (χ2n) is 2.85. The van der Waals surface area contributed by atoms with Crippen LogP contribution in [0.15, 0.2) is 0 Å². The van der Waals surface area contributed by atoms with E-state index >= 15 is 0 Å². The Kier molecular flexibility index (Phi) is 8.81. The topological polar surface area (TPSA) is 75.5 Å². The first-order valence-electron chi connectivity index (χ1n) is 4.58. The van der Waals surface area contributed by atoms with Gasteiger partial charge >= 0.3 is 0 Å². The Morgan fingerprint density at radius 3 is 1.75 bits per heavy atom. The third kappa shape index (κ3) is 6.54. The van der Waals surface area contributed by atoms with Gasteiger partial charge in [-0.2, -0.15) is 0 Å². The summed E-state index contributed by atoms with van der Waals surface area (Å²) in [4.78, 5) is 2.19. The van der Waals surface area contributed by atoms with E-state index in [2.05, 4.69) is 4.90 Å². The summed E-state index contributed by atoms with van der Waals surface area (Å²) < 4.78 is 0. The lowest BCUT2D eigenvalue weighted by Crippen LogP contribution is -2.31. The molecule has 0 unspecified atom stereocenters. The average molecular weight is 175 g/mol. The number of nitrogens with two attached hydrogens (primary N) is 2. The summed E-state index contributed by atoms with van der Waals surface area (Å²) in [5.41, 5.74) is 10.8. The molecule has 0 aliphatic heterocycles. The van der Waals surface area contributed by atoms with Gasteiger partial charge in [0.2, 0.25) is 0 Å². The van der Waals surface area contributed by atoms with Crippen LogP contribution in [-0.2, 0) is 0 Å². The molecule has 0 aromatic heterocycles. The quantitative estimate of drug-likeness (QED) is 0.441. The number of nitrogens with zero attached hydrogens (tertiary/aromatic N) is 1. The number of aliphatic hydroxyl groups is 1. The molecule has 0 saturated heterocycles. The molecular formula is C8H21N3O. The summed E-state index contributed by atoms with van der Waals surface area (Å²) >= 11 is 0. The van der Waals surface area contributed by atoms with Gasteiger partial charge in [-0.3, -0.25) is 0 Å². The molecule has 0 aromatic carbocycles. The summed E-state index contributed by atoms with van der Waals surface area (Å²) in [5.74, 6) is 0. The third-order valence-electron chi connectivity index (χ3n) is 1.77. The van der Waals surface area contributed by atoms with E-state index in [1.165, 1.54) is 0 Å². The predicted molar refractivity (Wildman–Crippen MR) is 50.9 cm³/mol. The molecule has 0 aliphatic carbocycles. The van der Waals surface area contributed by atoms with Crippen molar-refractivity contribution in [2.45, 2.75) is 12.8 Å². The Morgan fingerprint density at radius 1 is 0.917 bits per heavy atom. The van der Waals surface area contributed by atoms with Crippen molar-refractivity contribution in [2.24, 2.45) is 11.5 Å². The van der Waals surface area contributed by atoms with E-state index < -0.39 is 0 Å². The molecule has 0 radical (unpaired) electrons. The Balaban J connectivity index is 3.40. The Hall–Kier alpha value is -0.160. The second kappa shape index (κ2) is 8.93. The molecule has 12 heavy (non-hydrogen) atoms. The van der Waals surface area contributed by atoms with Crippen molar-refractivity contribution >= 4 is 0 Å². The lowest BCUT2D eigenvalue weighted by atomic mass is 10.3. The summed E-state index contributed by atoms with van der Waals surface area (Å²) in [6.45, 7) is 4.32. The molecule has 74 valence electrons. The average Bonchev–Trinajstić information content (AvgIpc) is 2.10. The lowest BCUT2D eigenvalue weighted by molar-refractivity contribution is 0.194. The standard InChI is InChI=1S/C8H21N3O/c9-3-1-5-11(7-8-12)6-2-4-10/h12H,1-10H2. The summed E-state index contributed by atoms with van der Waals surface area (Å²) in [6, 6.07) is 0. The van der Waals surface area contributed by atoms with Gasteiger partial charge in [-0.15, -0.1) is 0 Å². The van der Waals surface area contributed by atoms with Crippen molar-refractivity contribution in [2.75, 3.05) is 39.3 Å². The fraction of sp³-hybridized carbons (Fsp3) is 1.00. The van der Waals surface area contributed by atoms with Crippen LogP contribution in [0.3, 0.4) is 0 Å². The first-order valence-corrected chi connectivity index (χ1v) is 4.58. The molecule has 5 N–H and O–H groups in total. The highest BCUT2D eigenvalue weighted by atomic mass is 16.3. The predicted octanol–water partition coefficient (Wildman–Crippen LogP) is -1.02. The van der Waals surface area contributed by atoms with Crippen LogP contribution >= 0.6 is 0 Å². The Bertz CT molecular complexity index is 82.4. The Labute approximate surface area is 74.5 Å². The Morgan fingerprint density at radius 2 is 1.42 bits per heavy atom. The number of hydrogen-bond acceptors (Lipinski definition) is 4. The van der Waals surface area contributed by atoms with Crippen molar-refractivity contribution in [1.82, 2.24) is 4.90 Å². The molecule has 0 fully saturated rings. The molecule has 0 aliphatic rings. The smallest absolute Gasteiger partial charge is 0.0558 e. The highest BCUT2D eigenvalue weighted by Gasteiger charge is 2.01. The summed E-state index contributed by atoms with van der Waals surface area (Å²) in [6.07, 6.45) is 1.98. The van der Waals surface area contributed by atoms with E-state index in [4.69, 9.17) is 16.6 Å². The lowest BCUT2D eigenvalue weighted by Gasteiger charge is -2.20. The van der Waals surface area contributed by atoms with E-state index in [-0.39, 0.29) is 6.61 Å². The number of rotatable bonds is 8. The SMILES string of the molecule is NCCCN(CCO)CCCN. The van der Waals surface area contributed by atoms with E-state index in [0.717, 1.165) is 32.5 Å². The zero-order valence-corrected chi connectivity index (χ0v) is 7.71. The minimum absolute atomic E-state index is 0.217. The van der Waals surface area contributed by atoms with Gasteiger partial charge in [-0.05, 0) is 39.0 Å². The maximum absolute atomic E-state index is 8.73. The highest BCUT2D eigenvalue weighted by molar-refractivity contribution is 4.57. The fourth-order valence-electron chi connectivity index (χ4n) is 1.11. The molecule has 0 amide bonds. The third-order valence-corrected chi connectivity index (χ3v) is 1.77. The van der Waals surface area contributed by atoms with Gasteiger partial charge in [0, 0.05) is 6.54 Å². The van der Waals surface area contributed by atoms with Gasteiger partial charge in [0.15, 0.2) is 0 Å². The van der Waals surface area contributed by atoms with Gasteiger partial charge in [0.25, 0.3) is 0 Å². The van der Waals surface area contributed by atoms with Gasteiger partial charge in [-0.1, -0.05) is 0 Å². The van der Waals surface area contributed by atoms with Gasteiger partial charge in [0.1, 0.15) is 0 Å². The van der Waals surface area contributed by atoms with E-state index in [9.17, 15) is 0 Å². The molecule has 0 rings (SSSR count). The minimum atomic E-state index is 0.217. The normalized spacial score (nSPS) is 11.0. The van der Waals surface area contributed by atoms with Gasteiger partial charge in [-0.25, -0.2) is 0 Å². The highest BCUT2D eigenvalue weighted by Crippen LogP contribution is 1.91. The number of hydrogen-bond donors (Lipinski definition) is 3. The second-order valence-corrected chi connectivity index (χ2v) is 2.85. The maximum Gasteiger partial charge on any atom is 0.0558 e. The minimum Gasteiger partial charge on any atom is -0.395 e. The van der Waals surface area contributed by atoms with Gasteiger partial charge in [0.05, 0.1) is 6.61 Å². The van der Waals surface area contributed by atoms with Crippen LogP contribution < -0.4 is 11.5 Å². The number of aliphatic hydroxyl groups excluding tert-OH is 1. The van der Waals surface area contributed by atoms with Crippen LogP contribution in [0.25, 0.3) is 0 Å². The van der Waals surface area contributed by atoms with Crippen molar-refractivity contribution in [3.63, 3.8) is 0 Å². The molecule has 0 atom stereocenters. The molecular weight excluding hydrogens is 154 g/mol. The molecule has 0 spiro atoms. The molecule has 0 aromatic rings. The van der Waals surface area contributed by atoms with Crippen LogP contribution in [-0.4, -0.2) is 49.3 Å². The largest absolute Gasteiger partial charge is 0.395 e. The molecule has 4 nitrogen and oxygen atoms in total. The van der Waals surface area contributed by atoms with Crippen LogP contribution in [0.4, 0.5) is 0 Å². The van der Waals surface area contributed by atoms with E-state index in [1.807, 2.05) is 0 Å². The summed E-state index contributed by atoms with van der Waals surface area (Å²) in [5, 5.41) is 8.73. The van der Waals surface area contributed by atoms with Crippen molar-refractivity contribution in [3.05, 3.63) is 0 Å². The fourth-order valence-corrected chi connectivity index (χ4v) is 1.11. The maximum atomic E-state index is 8.73. The van der Waals surface area contributed by atoms with Crippen LogP contribution in [0.2, 0.25) is 0 Å². The van der Waals surface area contributed by atoms with Crippen LogP contribution in [0.5, 0.6) is 0 Å². The van der Waals surface area contributed by atoms with E-state index in [1.54, 1.807) is 0 Å². The first-order chi connectivity index (χ1) is 5.85. The molecule has 0 bridgehead atoms. The van der Waals surface area contributed by atoms with Crippen molar-refractivity contribution < 1.29 is 5.11 Å². The van der Waals surface area contributed by atoms with Crippen molar-refractivity contribution in [1.29, 1.82) is 0 Å². The van der Waals surface area contributed by atoms with Crippen LogP contribution in [0.1, 0.15) is 12.8 Å². The summed E-state index contributed by atoms with van der Waals surface area (Å²) in [7, 11) is 0. The first kappa shape index (κ1) is 11.8. The van der Waals surface area contributed by atoms with Crippen LogP contribution in [0, 0.1) is 0 Å². The zero-order chi connectivity index (χ0) is 9.23. The monoisotopic (exact) mass is 175 g/mol. The molecule has 4 heteroatoms. The van der Waals surface area contributed by atoms with Gasteiger partial charge < -0.3 is 21.5 Å². The zero-order valence-electron chi connectivity index (χ0n) is 7.71. The van der Waals surface area contributed by atoms with Crippen molar-refractivity contribution in [3.8, 4) is 0 Å².